The van der Waals surface area contributed by atoms with Gasteiger partial charge in [0.2, 0.25) is 0 Å². The molecule has 94 valence electrons. The summed E-state index contributed by atoms with van der Waals surface area (Å²) in [7, 11) is 1.56. The number of benzene rings is 2. The molecule has 0 fully saturated rings. The van der Waals surface area contributed by atoms with E-state index in [9.17, 15) is 5.11 Å². The van der Waals surface area contributed by atoms with Gasteiger partial charge >= 0.3 is 0 Å². The highest BCUT2D eigenvalue weighted by molar-refractivity contribution is 5.41. The molecular formula is C16H18O2. The van der Waals surface area contributed by atoms with E-state index in [4.69, 9.17) is 4.74 Å². The van der Waals surface area contributed by atoms with E-state index >= 15 is 0 Å². The Kier molecular flexibility index (Phi) is 4.24. The molecule has 0 saturated carbocycles. The molecule has 0 aliphatic heterocycles. The van der Waals surface area contributed by atoms with Crippen molar-refractivity contribution in [1.82, 2.24) is 0 Å². The smallest absolute Gasteiger partial charge is 0.160 e. The lowest BCUT2D eigenvalue weighted by atomic mass is 10.0. The Bertz CT molecular complexity index is 492. The van der Waals surface area contributed by atoms with Crippen molar-refractivity contribution >= 4 is 0 Å². The predicted molar refractivity (Wildman–Crippen MR) is 73.1 cm³/mol. The lowest BCUT2D eigenvalue weighted by Gasteiger charge is -2.06. The van der Waals surface area contributed by atoms with Gasteiger partial charge in [0.15, 0.2) is 11.5 Å². The van der Waals surface area contributed by atoms with Crippen LogP contribution in [-0.2, 0) is 12.8 Å². The van der Waals surface area contributed by atoms with E-state index in [1.54, 1.807) is 13.2 Å². The van der Waals surface area contributed by atoms with E-state index < -0.39 is 0 Å². The fourth-order valence-electron chi connectivity index (χ4n) is 2.03. The van der Waals surface area contributed by atoms with Gasteiger partial charge < -0.3 is 9.84 Å². The highest BCUT2D eigenvalue weighted by Gasteiger charge is 2.02. The lowest BCUT2D eigenvalue weighted by molar-refractivity contribution is 0.373. The zero-order chi connectivity index (χ0) is 12.8. The summed E-state index contributed by atoms with van der Waals surface area (Å²) < 4.78 is 5.02. The standard InChI is InChI=1S/C16H18O2/c1-18-16-11-10-14(12-15(16)17)9-5-8-13-6-3-2-4-7-13/h2-4,6-7,10-12,17H,5,8-9H2,1H3. The summed E-state index contributed by atoms with van der Waals surface area (Å²) in [5.41, 5.74) is 2.50. The van der Waals surface area contributed by atoms with Crippen LogP contribution < -0.4 is 4.74 Å². The third-order valence-corrected chi connectivity index (χ3v) is 3.02. The summed E-state index contributed by atoms with van der Waals surface area (Å²) in [5.74, 6) is 0.747. The van der Waals surface area contributed by atoms with Gasteiger partial charge in [0.1, 0.15) is 0 Å². The maximum absolute atomic E-state index is 9.68. The normalized spacial score (nSPS) is 10.3. The van der Waals surface area contributed by atoms with Gasteiger partial charge in [-0.1, -0.05) is 36.4 Å². The molecule has 2 heteroatoms. The Morgan fingerprint density at radius 2 is 1.67 bits per heavy atom. The molecule has 0 aliphatic carbocycles. The number of aryl methyl sites for hydroxylation is 2. The van der Waals surface area contributed by atoms with Gasteiger partial charge in [-0.3, -0.25) is 0 Å². The molecule has 0 radical (unpaired) electrons. The molecule has 2 nitrogen and oxygen atoms in total. The first kappa shape index (κ1) is 12.5. The van der Waals surface area contributed by atoms with Gasteiger partial charge in [-0.05, 0) is 42.5 Å². The van der Waals surface area contributed by atoms with Crippen molar-refractivity contribution in [3.63, 3.8) is 0 Å². The molecule has 2 aromatic rings. The largest absolute Gasteiger partial charge is 0.504 e. The summed E-state index contributed by atoms with van der Waals surface area (Å²) >= 11 is 0. The first-order valence-corrected chi connectivity index (χ1v) is 6.19. The zero-order valence-electron chi connectivity index (χ0n) is 10.6. The Morgan fingerprint density at radius 3 is 2.33 bits per heavy atom. The van der Waals surface area contributed by atoms with E-state index in [0.29, 0.717) is 5.75 Å². The van der Waals surface area contributed by atoms with Crippen molar-refractivity contribution in [1.29, 1.82) is 0 Å². The molecule has 0 aliphatic rings. The molecule has 0 amide bonds. The van der Waals surface area contributed by atoms with Gasteiger partial charge in [0, 0.05) is 0 Å². The molecule has 2 aromatic carbocycles. The second-order valence-corrected chi connectivity index (χ2v) is 4.35. The van der Waals surface area contributed by atoms with E-state index in [1.807, 2.05) is 18.2 Å². The van der Waals surface area contributed by atoms with Crippen LogP contribution in [0.3, 0.4) is 0 Å². The molecular weight excluding hydrogens is 224 g/mol. The molecule has 2 rings (SSSR count). The SMILES string of the molecule is COc1ccc(CCCc2ccccc2)cc1O. The van der Waals surface area contributed by atoms with Crippen molar-refractivity contribution in [3.8, 4) is 11.5 Å². The molecule has 0 atom stereocenters. The Morgan fingerprint density at radius 1 is 0.944 bits per heavy atom. The van der Waals surface area contributed by atoms with E-state index in [1.165, 1.54) is 5.56 Å². The van der Waals surface area contributed by atoms with E-state index in [-0.39, 0.29) is 5.75 Å². The first-order valence-electron chi connectivity index (χ1n) is 6.19. The Labute approximate surface area is 108 Å². The second kappa shape index (κ2) is 6.10. The van der Waals surface area contributed by atoms with Crippen LogP contribution in [0.25, 0.3) is 0 Å². The van der Waals surface area contributed by atoms with Crippen molar-refractivity contribution in [3.05, 3.63) is 59.7 Å². The van der Waals surface area contributed by atoms with Crippen molar-refractivity contribution in [2.24, 2.45) is 0 Å². The number of hydrogen-bond acceptors (Lipinski definition) is 2. The maximum atomic E-state index is 9.68. The highest BCUT2D eigenvalue weighted by Crippen LogP contribution is 2.26. The maximum Gasteiger partial charge on any atom is 0.160 e. The monoisotopic (exact) mass is 242 g/mol. The molecule has 0 unspecified atom stereocenters. The summed E-state index contributed by atoms with van der Waals surface area (Å²) in [4.78, 5) is 0. The zero-order valence-corrected chi connectivity index (χ0v) is 10.6. The average Bonchev–Trinajstić information content (AvgIpc) is 2.40. The van der Waals surface area contributed by atoms with Gasteiger partial charge in [-0.2, -0.15) is 0 Å². The molecule has 0 aromatic heterocycles. The third kappa shape index (κ3) is 3.27. The van der Waals surface area contributed by atoms with Gasteiger partial charge in [-0.25, -0.2) is 0 Å². The summed E-state index contributed by atoms with van der Waals surface area (Å²) in [5, 5.41) is 9.68. The number of phenols is 1. The molecule has 18 heavy (non-hydrogen) atoms. The number of methoxy groups -OCH3 is 1. The number of hydrogen-bond donors (Lipinski definition) is 1. The third-order valence-electron chi connectivity index (χ3n) is 3.02. The van der Waals surface area contributed by atoms with Gasteiger partial charge in [0.05, 0.1) is 7.11 Å². The molecule has 1 N–H and O–H groups in total. The van der Waals surface area contributed by atoms with Crippen LogP contribution in [0.4, 0.5) is 0 Å². The van der Waals surface area contributed by atoms with E-state index in [0.717, 1.165) is 24.8 Å². The number of ether oxygens (including phenoxy) is 1. The van der Waals surface area contributed by atoms with Crippen LogP contribution in [-0.4, -0.2) is 12.2 Å². The van der Waals surface area contributed by atoms with Crippen LogP contribution in [0.5, 0.6) is 11.5 Å². The van der Waals surface area contributed by atoms with Crippen molar-refractivity contribution < 1.29 is 9.84 Å². The molecule has 0 spiro atoms. The van der Waals surface area contributed by atoms with Crippen LogP contribution in [0.15, 0.2) is 48.5 Å². The first-order chi connectivity index (χ1) is 8.79. The minimum atomic E-state index is 0.217. The fraction of sp³-hybridized carbons (Fsp3) is 0.250. The quantitative estimate of drug-likeness (QED) is 0.868. The van der Waals surface area contributed by atoms with Crippen LogP contribution in [0.2, 0.25) is 0 Å². The topological polar surface area (TPSA) is 29.5 Å². The van der Waals surface area contributed by atoms with Crippen LogP contribution in [0.1, 0.15) is 17.5 Å². The average molecular weight is 242 g/mol. The van der Waals surface area contributed by atoms with E-state index in [2.05, 4.69) is 24.3 Å². The predicted octanol–water partition coefficient (Wildman–Crippen LogP) is 3.58. The van der Waals surface area contributed by atoms with Crippen LogP contribution in [0, 0.1) is 0 Å². The Hall–Kier alpha value is -1.96. The second-order valence-electron chi connectivity index (χ2n) is 4.35. The summed E-state index contributed by atoms with van der Waals surface area (Å²) in [6.07, 6.45) is 3.11. The lowest BCUT2D eigenvalue weighted by Crippen LogP contribution is -1.91. The molecule has 0 saturated heterocycles. The van der Waals surface area contributed by atoms with Crippen LogP contribution >= 0.6 is 0 Å². The minimum Gasteiger partial charge on any atom is -0.504 e. The number of rotatable bonds is 5. The summed E-state index contributed by atoms with van der Waals surface area (Å²) in [6, 6.07) is 16.0. The summed E-state index contributed by atoms with van der Waals surface area (Å²) in [6.45, 7) is 0. The van der Waals surface area contributed by atoms with Crippen molar-refractivity contribution in [2.45, 2.75) is 19.3 Å². The van der Waals surface area contributed by atoms with Gasteiger partial charge in [-0.15, -0.1) is 0 Å². The molecule has 0 heterocycles. The Balaban J connectivity index is 1.89. The molecule has 0 bridgehead atoms. The minimum absolute atomic E-state index is 0.217. The van der Waals surface area contributed by atoms with Crippen molar-refractivity contribution in [2.75, 3.05) is 7.11 Å². The fourth-order valence-corrected chi connectivity index (χ4v) is 2.03. The number of phenolic OH excluding ortho intramolecular Hbond substituents is 1. The van der Waals surface area contributed by atoms with Gasteiger partial charge in [0.25, 0.3) is 0 Å². The highest BCUT2D eigenvalue weighted by atomic mass is 16.5. The number of aromatic hydroxyl groups is 1.